The minimum atomic E-state index is 0. The molecule has 1 unspecified atom stereocenters. The van der Waals surface area contributed by atoms with Gasteiger partial charge in [-0.1, -0.05) is 6.92 Å². The summed E-state index contributed by atoms with van der Waals surface area (Å²) in [5.74, 6) is 0.333. The zero-order valence-electron chi connectivity index (χ0n) is 4.38. The maximum atomic E-state index is 5.11. The van der Waals surface area contributed by atoms with E-state index in [0.29, 0.717) is 5.94 Å². The van der Waals surface area contributed by atoms with Gasteiger partial charge in [0.25, 0.3) is 0 Å². The number of nitrogens with two attached hydrogens (primary N) is 1. The molecule has 0 heterocycles. The molecule has 8 heavy (non-hydrogen) atoms. The molecule has 1 nitrogen and oxygen atoms in total. The van der Waals surface area contributed by atoms with Gasteiger partial charge in [0.1, 0.15) is 7.85 Å². The van der Waals surface area contributed by atoms with Crippen molar-refractivity contribution in [3.8, 4) is 0 Å². The Hall–Kier alpha value is 1.45. The molecule has 1 atom stereocenters. The van der Waals surface area contributed by atoms with Crippen LogP contribution in [0, 0.1) is 0 Å². The van der Waals surface area contributed by atoms with Crippen molar-refractivity contribution in [1.82, 2.24) is 0 Å². The third-order valence-corrected chi connectivity index (χ3v) is 0. The van der Waals surface area contributed by atoms with Gasteiger partial charge in [0, 0.05) is 0 Å². The zero-order valence-corrected chi connectivity index (χ0v) is 4.38. The van der Waals surface area contributed by atoms with E-state index in [2.05, 4.69) is 0 Å². The SMILES string of the molecule is BC(C)N.F.F.F.[KH]. The predicted molar refractivity (Wildman–Crippen MR) is 36.9 cm³/mol. The zero-order chi connectivity index (χ0) is 3.58. The maximum absolute atomic E-state index is 5.11. The van der Waals surface area contributed by atoms with Crippen molar-refractivity contribution >= 4 is 59.2 Å². The van der Waals surface area contributed by atoms with Crippen molar-refractivity contribution in [1.29, 1.82) is 0 Å². The Morgan fingerprint density at radius 3 is 1.25 bits per heavy atom. The molecular weight excluding hydrogens is 145 g/mol. The Labute approximate surface area is 90.7 Å². The minimum absolute atomic E-state index is 0. The number of halogens is 3. The molecule has 0 aromatic rings. The Kier molecular flexibility index (Phi) is 101. The Morgan fingerprint density at radius 1 is 1.25 bits per heavy atom. The van der Waals surface area contributed by atoms with Crippen LogP contribution in [0.1, 0.15) is 6.92 Å². The third-order valence-electron chi connectivity index (χ3n) is 0. The van der Waals surface area contributed by atoms with Gasteiger partial charge in [-0.15, -0.1) is 0 Å². The quantitative estimate of drug-likeness (QED) is 0.436. The van der Waals surface area contributed by atoms with Gasteiger partial charge in [-0.25, -0.2) is 0 Å². The van der Waals surface area contributed by atoms with Crippen LogP contribution >= 0.6 is 0 Å². The van der Waals surface area contributed by atoms with Crippen molar-refractivity contribution in [2.45, 2.75) is 12.9 Å². The van der Waals surface area contributed by atoms with Crippen LogP contribution in [0.25, 0.3) is 0 Å². The fourth-order valence-corrected chi connectivity index (χ4v) is 0. The Bertz CT molecular complexity index is 22.0. The van der Waals surface area contributed by atoms with Crippen LogP contribution in [-0.4, -0.2) is 65.2 Å². The molecule has 6 heteroatoms. The van der Waals surface area contributed by atoms with Gasteiger partial charge in [0.05, 0.1) is 0 Å². The van der Waals surface area contributed by atoms with Crippen molar-refractivity contribution in [3.63, 3.8) is 0 Å². The molecule has 2 N–H and O–H groups in total. The second-order valence-electron chi connectivity index (χ2n) is 1.24. The molecule has 0 spiro atoms. The predicted octanol–water partition coefficient (Wildman–Crippen LogP) is -1.27. The van der Waals surface area contributed by atoms with E-state index in [1.165, 1.54) is 0 Å². The van der Waals surface area contributed by atoms with E-state index in [4.69, 9.17) is 5.73 Å². The molecule has 0 aliphatic heterocycles. The van der Waals surface area contributed by atoms with E-state index >= 15 is 0 Å². The average Bonchev–Trinajstić information content (AvgIpc) is 0.811. The molecule has 0 bridgehead atoms. The van der Waals surface area contributed by atoms with Gasteiger partial charge in [0.15, 0.2) is 0 Å². The molecule has 0 fully saturated rings. The van der Waals surface area contributed by atoms with Gasteiger partial charge in [-0.2, -0.15) is 0 Å². The molecule has 50 valence electrons. The standard InChI is InChI=1S/C2H8BN.3FH.K.H/c1-2(3)4;;;;;/h2H,3-4H2,1H3;3*1H;;. The van der Waals surface area contributed by atoms with E-state index in [1.807, 2.05) is 14.8 Å². The summed E-state index contributed by atoms with van der Waals surface area (Å²) >= 11 is 0. The van der Waals surface area contributed by atoms with Gasteiger partial charge >= 0.3 is 51.4 Å². The summed E-state index contributed by atoms with van der Waals surface area (Å²) in [6.07, 6.45) is 0. The molecule has 0 rings (SSSR count). The summed E-state index contributed by atoms with van der Waals surface area (Å²) in [6.45, 7) is 1.94. The fourth-order valence-electron chi connectivity index (χ4n) is 0. The first-order valence-corrected chi connectivity index (χ1v) is 1.49. The topological polar surface area (TPSA) is 26.0 Å². The van der Waals surface area contributed by atoms with Crippen LogP contribution in [0.2, 0.25) is 0 Å². The molecule has 0 amide bonds. The Balaban J connectivity index is -0.00000000750. The van der Waals surface area contributed by atoms with Crippen molar-refractivity contribution < 1.29 is 14.1 Å². The van der Waals surface area contributed by atoms with Crippen LogP contribution in [-0.2, 0) is 0 Å². The summed E-state index contributed by atoms with van der Waals surface area (Å²) in [4.78, 5) is 0. The molecular formula is C2H12BF3KN. The van der Waals surface area contributed by atoms with E-state index in [-0.39, 0.29) is 65.5 Å². The van der Waals surface area contributed by atoms with Gasteiger partial charge in [-0.3, -0.25) is 14.1 Å². The molecule has 0 aliphatic carbocycles. The van der Waals surface area contributed by atoms with Crippen molar-refractivity contribution in [2.24, 2.45) is 5.73 Å². The molecule has 0 aromatic carbocycles. The van der Waals surface area contributed by atoms with Crippen LogP contribution in [0.15, 0.2) is 0 Å². The monoisotopic (exact) mass is 157 g/mol. The molecule has 0 aliphatic rings. The number of hydrogen-bond donors (Lipinski definition) is 1. The van der Waals surface area contributed by atoms with E-state index in [9.17, 15) is 0 Å². The van der Waals surface area contributed by atoms with Gasteiger partial charge in [-0.05, 0) is 5.94 Å². The van der Waals surface area contributed by atoms with Gasteiger partial charge < -0.3 is 5.73 Å². The summed E-state index contributed by atoms with van der Waals surface area (Å²) in [5.41, 5.74) is 5.11. The summed E-state index contributed by atoms with van der Waals surface area (Å²) in [6, 6.07) is 0. The van der Waals surface area contributed by atoms with E-state index < -0.39 is 0 Å². The fraction of sp³-hybridized carbons (Fsp3) is 1.00. The normalized spacial score (nSPS) is 7.75. The third kappa shape index (κ3) is 147. The van der Waals surface area contributed by atoms with E-state index in [0.717, 1.165) is 0 Å². The molecule has 0 saturated heterocycles. The molecule has 0 saturated carbocycles. The summed E-state index contributed by atoms with van der Waals surface area (Å²) in [7, 11) is 1.94. The second-order valence-corrected chi connectivity index (χ2v) is 1.24. The van der Waals surface area contributed by atoms with Crippen molar-refractivity contribution in [2.75, 3.05) is 0 Å². The van der Waals surface area contributed by atoms with Crippen LogP contribution in [0.4, 0.5) is 14.1 Å². The molecule has 0 radical (unpaired) electrons. The first-order valence-electron chi connectivity index (χ1n) is 1.49. The average molecular weight is 157 g/mol. The number of hydrogen-bond acceptors (Lipinski definition) is 1. The van der Waals surface area contributed by atoms with Crippen LogP contribution in [0.3, 0.4) is 0 Å². The number of rotatable bonds is 0. The second kappa shape index (κ2) is 23.7. The first kappa shape index (κ1) is 34.1. The van der Waals surface area contributed by atoms with Crippen LogP contribution < -0.4 is 5.73 Å². The van der Waals surface area contributed by atoms with Crippen molar-refractivity contribution in [3.05, 3.63) is 0 Å². The first-order chi connectivity index (χ1) is 1.73. The summed E-state index contributed by atoms with van der Waals surface area (Å²) < 4.78 is 0. The Morgan fingerprint density at radius 2 is 1.25 bits per heavy atom. The molecule has 0 aromatic heterocycles. The van der Waals surface area contributed by atoms with Gasteiger partial charge in [0.2, 0.25) is 0 Å². The van der Waals surface area contributed by atoms with Crippen LogP contribution in [0.5, 0.6) is 0 Å². The van der Waals surface area contributed by atoms with E-state index in [1.54, 1.807) is 0 Å². The summed E-state index contributed by atoms with van der Waals surface area (Å²) in [5, 5.41) is 0.